The maximum atomic E-state index is 12.0. The van der Waals surface area contributed by atoms with Gasteiger partial charge < -0.3 is 15.6 Å². The van der Waals surface area contributed by atoms with Gasteiger partial charge in [0, 0.05) is 13.1 Å². The average molecular weight is 298 g/mol. The van der Waals surface area contributed by atoms with E-state index in [1.54, 1.807) is 12.1 Å². The van der Waals surface area contributed by atoms with Crippen molar-refractivity contribution in [2.45, 2.75) is 19.3 Å². The van der Waals surface area contributed by atoms with E-state index < -0.39 is 0 Å². The summed E-state index contributed by atoms with van der Waals surface area (Å²) in [7, 11) is 0. The molecule has 20 heavy (non-hydrogen) atoms. The topological polar surface area (TPSA) is 83.3 Å². The number of nitrogen functional groups attached to an aromatic ring is 1. The summed E-state index contributed by atoms with van der Waals surface area (Å²) >= 11 is 5.97. The first kappa shape index (κ1) is 15.0. The molecule has 2 rings (SSSR count). The predicted octanol–water partition coefficient (Wildman–Crippen LogP) is 1.24. The number of halogens is 1. The Hall–Kier alpha value is -1.37. The maximum Gasteiger partial charge on any atom is 0.271 e. The quantitative estimate of drug-likeness (QED) is 0.562. The number of amides is 1. The third-order valence-electron chi connectivity index (χ3n) is 3.37. The Morgan fingerprint density at radius 3 is 2.80 bits per heavy atom. The van der Waals surface area contributed by atoms with Gasteiger partial charge in [-0.1, -0.05) is 18.0 Å². The van der Waals surface area contributed by atoms with E-state index in [0.29, 0.717) is 17.4 Å². The number of carbonyl (C=O) groups is 1. The third kappa shape index (κ3) is 4.06. The molecule has 6 nitrogen and oxygen atoms in total. The van der Waals surface area contributed by atoms with Gasteiger partial charge in [-0.05, 0) is 38.1 Å². The molecule has 0 aliphatic carbocycles. The van der Waals surface area contributed by atoms with Gasteiger partial charge in [-0.2, -0.15) is 0 Å². The number of carbonyl (C=O) groups excluding carboxylic acids is 1. The molecule has 0 saturated carbocycles. The van der Waals surface area contributed by atoms with Crippen LogP contribution in [0.2, 0.25) is 5.02 Å². The lowest BCUT2D eigenvalue weighted by Gasteiger charge is -2.26. The number of nitrogens with one attached hydrogen (secondary N) is 2. The fourth-order valence-corrected chi connectivity index (χ4v) is 2.47. The largest absolute Gasteiger partial charge is 0.349 e. The van der Waals surface area contributed by atoms with E-state index >= 15 is 0 Å². The molecular weight excluding hydrogens is 278 g/mol. The number of pyridine rings is 1. The molecular formula is C13H20ClN5O. The van der Waals surface area contributed by atoms with Crippen LogP contribution in [0.15, 0.2) is 12.1 Å². The van der Waals surface area contributed by atoms with Gasteiger partial charge in [0.25, 0.3) is 5.91 Å². The van der Waals surface area contributed by atoms with E-state index in [9.17, 15) is 4.79 Å². The lowest BCUT2D eigenvalue weighted by molar-refractivity contribution is 0.0942. The van der Waals surface area contributed by atoms with E-state index in [-0.39, 0.29) is 11.6 Å². The first-order valence-electron chi connectivity index (χ1n) is 6.84. The van der Waals surface area contributed by atoms with Crippen LogP contribution < -0.4 is 16.6 Å². The van der Waals surface area contributed by atoms with Crippen LogP contribution in [0.1, 0.15) is 29.8 Å². The van der Waals surface area contributed by atoms with Crippen LogP contribution in [-0.2, 0) is 0 Å². The Labute approximate surface area is 123 Å². The van der Waals surface area contributed by atoms with Crippen molar-refractivity contribution in [2.24, 2.45) is 5.84 Å². The first-order chi connectivity index (χ1) is 9.70. The molecule has 110 valence electrons. The number of anilines is 1. The van der Waals surface area contributed by atoms with Crippen molar-refractivity contribution in [3.05, 3.63) is 22.8 Å². The van der Waals surface area contributed by atoms with Gasteiger partial charge in [-0.3, -0.25) is 4.79 Å². The number of aromatic nitrogens is 1. The van der Waals surface area contributed by atoms with Crippen molar-refractivity contribution in [2.75, 3.05) is 31.6 Å². The summed E-state index contributed by atoms with van der Waals surface area (Å²) in [5, 5.41) is 3.16. The summed E-state index contributed by atoms with van der Waals surface area (Å²) in [6.07, 6.45) is 3.79. The number of hydrogen-bond donors (Lipinski definition) is 3. The van der Waals surface area contributed by atoms with E-state index in [1.165, 1.54) is 19.3 Å². The zero-order valence-electron chi connectivity index (χ0n) is 11.4. The minimum absolute atomic E-state index is 0.195. The van der Waals surface area contributed by atoms with Crippen LogP contribution in [0, 0.1) is 0 Å². The summed E-state index contributed by atoms with van der Waals surface area (Å²) in [5.41, 5.74) is 2.59. The summed E-state index contributed by atoms with van der Waals surface area (Å²) in [6.45, 7) is 3.68. The summed E-state index contributed by atoms with van der Waals surface area (Å²) in [5.74, 6) is 5.41. The van der Waals surface area contributed by atoms with Crippen molar-refractivity contribution < 1.29 is 4.79 Å². The normalized spacial score (nSPS) is 15.9. The molecule has 0 unspecified atom stereocenters. The highest BCUT2D eigenvalue weighted by molar-refractivity contribution is 6.33. The van der Waals surface area contributed by atoms with E-state index in [0.717, 1.165) is 19.6 Å². The van der Waals surface area contributed by atoms with Crippen molar-refractivity contribution in [1.29, 1.82) is 0 Å². The molecule has 1 fully saturated rings. The van der Waals surface area contributed by atoms with Gasteiger partial charge in [0.05, 0.1) is 5.02 Å². The van der Waals surface area contributed by atoms with Crippen LogP contribution >= 0.6 is 11.6 Å². The standard InChI is InChI=1S/C13H20ClN5O/c14-10-4-5-11(18-15)17-12(10)13(20)16-6-9-19-7-2-1-3-8-19/h4-5H,1-3,6-9,15H2,(H,16,20)(H,17,18). The number of piperidine rings is 1. The zero-order valence-corrected chi connectivity index (χ0v) is 12.1. The molecule has 0 bridgehead atoms. The lowest BCUT2D eigenvalue weighted by atomic mass is 10.1. The highest BCUT2D eigenvalue weighted by Crippen LogP contribution is 2.16. The monoisotopic (exact) mass is 297 g/mol. The number of nitrogens with zero attached hydrogens (tertiary/aromatic N) is 2. The molecule has 1 saturated heterocycles. The highest BCUT2D eigenvalue weighted by atomic mass is 35.5. The first-order valence-corrected chi connectivity index (χ1v) is 7.22. The van der Waals surface area contributed by atoms with Gasteiger partial charge in [-0.15, -0.1) is 0 Å². The number of rotatable bonds is 5. The number of nitrogens with two attached hydrogens (primary N) is 1. The zero-order chi connectivity index (χ0) is 14.4. The molecule has 0 atom stereocenters. The molecule has 7 heteroatoms. The molecule has 1 aliphatic heterocycles. The second-order valence-corrected chi connectivity index (χ2v) is 5.24. The van der Waals surface area contributed by atoms with Crippen LogP contribution in [0.4, 0.5) is 5.82 Å². The summed E-state index contributed by atoms with van der Waals surface area (Å²) < 4.78 is 0. The van der Waals surface area contributed by atoms with Gasteiger partial charge in [0.15, 0.2) is 0 Å². The van der Waals surface area contributed by atoms with Gasteiger partial charge in [0.2, 0.25) is 0 Å². The lowest BCUT2D eigenvalue weighted by Crippen LogP contribution is -2.38. The van der Waals surface area contributed by atoms with Crippen molar-refractivity contribution in [3.63, 3.8) is 0 Å². The van der Waals surface area contributed by atoms with Gasteiger partial charge in [0.1, 0.15) is 11.5 Å². The molecule has 0 spiro atoms. The van der Waals surface area contributed by atoms with Crippen LogP contribution in [0.5, 0.6) is 0 Å². The maximum absolute atomic E-state index is 12.0. The SMILES string of the molecule is NNc1ccc(Cl)c(C(=O)NCCN2CCCCC2)n1. The molecule has 2 heterocycles. The summed E-state index contributed by atoms with van der Waals surface area (Å²) in [6, 6.07) is 3.22. The Balaban J connectivity index is 1.84. The molecule has 4 N–H and O–H groups in total. The Kier molecular flexibility index (Phi) is 5.58. The van der Waals surface area contributed by atoms with Crippen molar-refractivity contribution in [1.82, 2.24) is 15.2 Å². The highest BCUT2D eigenvalue weighted by Gasteiger charge is 2.14. The third-order valence-corrected chi connectivity index (χ3v) is 3.68. The van der Waals surface area contributed by atoms with Crippen molar-refractivity contribution >= 4 is 23.3 Å². The smallest absolute Gasteiger partial charge is 0.271 e. The molecule has 1 aromatic rings. The summed E-state index contributed by atoms with van der Waals surface area (Å²) in [4.78, 5) is 18.5. The Morgan fingerprint density at radius 1 is 1.35 bits per heavy atom. The number of hydrazine groups is 1. The predicted molar refractivity (Wildman–Crippen MR) is 79.7 cm³/mol. The van der Waals surface area contributed by atoms with E-state index in [1.807, 2.05) is 0 Å². The second kappa shape index (κ2) is 7.42. The van der Waals surface area contributed by atoms with Gasteiger partial charge in [-0.25, -0.2) is 10.8 Å². The minimum Gasteiger partial charge on any atom is -0.349 e. The number of likely N-dealkylation sites (tertiary alicyclic amines) is 1. The second-order valence-electron chi connectivity index (χ2n) is 4.83. The molecule has 0 aromatic carbocycles. The van der Waals surface area contributed by atoms with Crippen LogP contribution in [0.3, 0.4) is 0 Å². The molecule has 1 aliphatic rings. The molecule has 1 amide bonds. The van der Waals surface area contributed by atoms with E-state index in [2.05, 4.69) is 20.6 Å². The van der Waals surface area contributed by atoms with E-state index in [4.69, 9.17) is 17.4 Å². The van der Waals surface area contributed by atoms with Crippen LogP contribution in [0.25, 0.3) is 0 Å². The van der Waals surface area contributed by atoms with Gasteiger partial charge >= 0.3 is 0 Å². The fraction of sp³-hybridized carbons (Fsp3) is 0.538. The Morgan fingerprint density at radius 2 is 2.10 bits per heavy atom. The fourth-order valence-electron chi connectivity index (χ4n) is 2.28. The minimum atomic E-state index is -0.274. The Bertz CT molecular complexity index is 462. The molecule has 1 aromatic heterocycles. The average Bonchev–Trinajstić information content (AvgIpc) is 2.48. The number of hydrogen-bond acceptors (Lipinski definition) is 5. The molecule has 0 radical (unpaired) electrons. The van der Waals surface area contributed by atoms with Crippen molar-refractivity contribution in [3.8, 4) is 0 Å². The van der Waals surface area contributed by atoms with Crippen LogP contribution in [-0.4, -0.2) is 42.0 Å².